The Bertz CT molecular complexity index is 199. The van der Waals surface area contributed by atoms with Crippen LogP contribution in [0.1, 0.15) is 52.4 Å². The van der Waals surface area contributed by atoms with Crippen LogP contribution in [-0.2, 0) is 0 Å². The van der Waals surface area contributed by atoms with Gasteiger partial charge in [0, 0.05) is 25.2 Å². The minimum atomic E-state index is 0.767. The van der Waals surface area contributed by atoms with E-state index >= 15 is 0 Å². The summed E-state index contributed by atoms with van der Waals surface area (Å²) < 4.78 is 0. The van der Waals surface area contributed by atoms with Gasteiger partial charge < -0.3 is 5.32 Å². The van der Waals surface area contributed by atoms with Gasteiger partial charge >= 0.3 is 0 Å². The Labute approximate surface area is 101 Å². The highest BCUT2D eigenvalue weighted by atomic mass is 15.2. The quantitative estimate of drug-likeness (QED) is 0.772. The molecule has 1 saturated heterocycles. The van der Waals surface area contributed by atoms with Gasteiger partial charge in [-0.05, 0) is 45.1 Å². The Hall–Kier alpha value is -0.0800. The number of likely N-dealkylation sites (tertiary alicyclic amines) is 1. The van der Waals surface area contributed by atoms with Crippen LogP contribution in [0.25, 0.3) is 0 Å². The van der Waals surface area contributed by atoms with E-state index in [9.17, 15) is 0 Å². The maximum absolute atomic E-state index is 3.67. The van der Waals surface area contributed by atoms with Gasteiger partial charge in [0.1, 0.15) is 0 Å². The lowest BCUT2D eigenvalue weighted by molar-refractivity contribution is 0.187. The summed E-state index contributed by atoms with van der Waals surface area (Å²) in [7, 11) is 0. The third-order valence-electron chi connectivity index (χ3n) is 4.56. The Kier molecular flexibility index (Phi) is 4.66. The van der Waals surface area contributed by atoms with E-state index in [1.54, 1.807) is 0 Å². The molecule has 0 radical (unpaired) electrons. The van der Waals surface area contributed by atoms with Crippen LogP contribution in [0.15, 0.2) is 0 Å². The highest BCUT2D eigenvalue weighted by Gasteiger charge is 2.31. The van der Waals surface area contributed by atoms with Crippen molar-refractivity contribution in [3.05, 3.63) is 0 Å². The summed E-state index contributed by atoms with van der Waals surface area (Å²) in [4.78, 5) is 2.73. The monoisotopic (exact) mass is 224 g/mol. The zero-order valence-corrected chi connectivity index (χ0v) is 11.0. The molecule has 2 atom stereocenters. The summed E-state index contributed by atoms with van der Waals surface area (Å²) in [6.07, 6.45) is 8.52. The van der Waals surface area contributed by atoms with Crippen molar-refractivity contribution in [1.29, 1.82) is 0 Å². The molecule has 1 aliphatic heterocycles. The van der Waals surface area contributed by atoms with E-state index in [0.717, 1.165) is 18.0 Å². The zero-order chi connectivity index (χ0) is 11.4. The van der Waals surface area contributed by atoms with E-state index < -0.39 is 0 Å². The molecule has 0 aromatic rings. The second-order valence-electron chi connectivity index (χ2n) is 5.72. The fourth-order valence-electron chi connectivity index (χ4n) is 3.41. The van der Waals surface area contributed by atoms with Crippen LogP contribution >= 0.6 is 0 Å². The van der Waals surface area contributed by atoms with Gasteiger partial charge in [-0.15, -0.1) is 0 Å². The molecule has 2 rings (SSSR count). The summed E-state index contributed by atoms with van der Waals surface area (Å²) in [5.41, 5.74) is 0. The average Bonchev–Trinajstić information content (AvgIpc) is 2.96. The van der Waals surface area contributed by atoms with E-state index in [1.165, 1.54) is 58.2 Å². The Morgan fingerprint density at radius 1 is 1.25 bits per heavy atom. The molecule has 0 aromatic heterocycles. The van der Waals surface area contributed by atoms with E-state index in [0.29, 0.717) is 0 Å². The van der Waals surface area contributed by atoms with Crippen molar-refractivity contribution in [1.82, 2.24) is 10.2 Å². The third-order valence-corrected chi connectivity index (χ3v) is 4.56. The first-order valence-electron chi connectivity index (χ1n) is 7.28. The SMILES string of the molecule is CCCNC1CCN(C(C)C2CCCC2)C1. The molecule has 94 valence electrons. The Morgan fingerprint density at radius 3 is 2.69 bits per heavy atom. The van der Waals surface area contributed by atoms with E-state index in [4.69, 9.17) is 0 Å². The van der Waals surface area contributed by atoms with Gasteiger partial charge in [0.2, 0.25) is 0 Å². The number of hydrogen-bond acceptors (Lipinski definition) is 2. The molecule has 2 unspecified atom stereocenters. The summed E-state index contributed by atoms with van der Waals surface area (Å²) in [6.45, 7) is 8.51. The fraction of sp³-hybridized carbons (Fsp3) is 1.00. The molecule has 2 fully saturated rings. The normalized spacial score (nSPS) is 30.0. The van der Waals surface area contributed by atoms with E-state index in [2.05, 4.69) is 24.1 Å². The van der Waals surface area contributed by atoms with Crippen LogP contribution in [0.5, 0.6) is 0 Å². The Morgan fingerprint density at radius 2 is 2.00 bits per heavy atom. The molecule has 2 aliphatic rings. The predicted octanol–water partition coefficient (Wildman–Crippen LogP) is 2.64. The lowest BCUT2D eigenvalue weighted by Gasteiger charge is -2.29. The van der Waals surface area contributed by atoms with Gasteiger partial charge in [-0.1, -0.05) is 19.8 Å². The molecule has 2 nitrogen and oxygen atoms in total. The summed E-state index contributed by atoms with van der Waals surface area (Å²) in [6, 6.07) is 1.60. The van der Waals surface area contributed by atoms with Gasteiger partial charge in [-0.25, -0.2) is 0 Å². The van der Waals surface area contributed by atoms with Crippen molar-refractivity contribution in [2.24, 2.45) is 5.92 Å². The minimum Gasteiger partial charge on any atom is -0.313 e. The van der Waals surface area contributed by atoms with Crippen LogP contribution < -0.4 is 5.32 Å². The fourth-order valence-corrected chi connectivity index (χ4v) is 3.41. The molecule has 2 heteroatoms. The molecule has 0 aromatic carbocycles. The highest BCUT2D eigenvalue weighted by molar-refractivity contribution is 4.87. The maximum atomic E-state index is 3.67. The molecular weight excluding hydrogens is 196 g/mol. The van der Waals surface area contributed by atoms with Crippen LogP contribution in [0.4, 0.5) is 0 Å². The van der Waals surface area contributed by atoms with Crippen molar-refractivity contribution < 1.29 is 0 Å². The van der Waals surface area contributed by atoms with Crippen molar-refractivity contribution in [3.8, 4) is 0 Å². The van der Waals surface area contributed by atoms with Crippen LogP contribution in [0.3, 0.4) is 0 Å². The molecule has 0 spiro atoms. The van der Waals surface area contributed by atoms with Gasteiger partial charge in [0.25, 0.3) is 0 Å². The summed E-state index contributed by atoms with van der Waals surface area (Å²) >= 11 is 0. The first-order valence-corrected chi connectivity index (χ1v) is 7.28. The van der Waals surface area contributed by atoms with Crippen molar-refractivity contribution >= 4 is 0 Å². The average molecular weight is 224 g/mol. The van der Waals surface area contributed by atoms with E-state index in [1.807, 2.05) is 0 Å². The van der Waals surface area contributed by atoms with Gasteiger partial charge in [0.15, 0.2) is 0 Å². The lowest BCUT2D eigenvalue weighted by Crippen LogP contribution is -2.39. The standard InChI is InChI=1S/C14H28N2/c1-3-9-15-14-8-10-16(11-14)12(2)13-6-4-5-7-13/h12-15H,3-11H2,1-2H3. The number of rotatable bonds is 5. The molecular formula is C14H28N2. The third kappa shape index (κ3) is 2.98. The summed E-state index contributed by atoms with van der Waals surface area (Å²) in [5.74, 6) is 0.991. The van der Waals surface area contributed by atoms with Crippen LogP contribution in [0.2, 0.25) is 0 Å². The van der Waals surface area contributed by atoms with Crippen LogP contribution in [-0.4, -0.2) is 36.6 Å². The molecule has 1 saturated carbocycles. The minimum absolute atomic E-state index is 0.767. The molecule has 0 bridgehead atoms. The first kappa shape index (κ1) is 12.4. The zero-order valence-electron chi connectivity index (χ0n) is 11.0. The van der Waals surface area contributed by atoms with Crippen molar-refractivity contribution in [2.75, 3.05) is 19.6 Å². The number of nitrogens with zero attached hydrogens (tertiary/aromatic N) is 1. The largest absolute Gasteiger partial charge is 0.313 e. The molecule has 1 N–H and O–H groups in total. The van der Waals surface area contributed by atoms with Gasteiger partial charge in [-0.2, -0.15) is 0 Å². The van der Waals surface area contributed by atoms with Gasteiger partial charge in [0.05, 0.1) is 0 Å². The molecule has 0 amide bonds. The number of nitrogens with one attached hydrogen (secondary N) is 1. The van der Waals surface area contributed by atoms with E-state index in [-0.39, 0.29) is 0 Å². The molecule has 1 heterocycles. The summed E-state index contributed by atoms with van der Waals surface area (Å²) in [5, 5.41) is 3.67. The van der Waals surface area contributed by atoms with Crippen molar-refractivity contribution in [2.45, 2.75) is 64.5 Å². The first-order chi connectivity index (χ1) is 7.81. The van der Waals surface area contributed by atoms with Crippen molar-refractivity contribution in [3.63, 3.8) is 0 Å². The predicted molar refractivity (Wildman–Crippen MR) is 69.7 cm³/mol. The second kappa shape index (κ2) is 6.02. The topological polar surface area (TPSA) is 15.3 Å². The molecule has 16 heavy (non-hydrogen) atoms. The van der Waals surface area contributed by atoms with Crippen LogP contribution in [0, 0.1) is 5.92 Å². The highest BCUT2D eigenvalue weighted by Crippen LogP contribution is 2.31. The second-order valence-corrected chi connectivity index (χ2v) is 5.72. The molecule has 1 aliphatic carbocycles. The maximum Gasteiger partial charge on any atom is 0.0207 e. The Balaban J connectivity index is 1.74. The van der Waals surface area contributed by atoms with Gasteiger partial charge in [-0.3, -0.25) is 4.90 Å². The number of hydrogen-bond donors (Lipinski definition) is 1. The smallest absolute Gasteiger partial charge is 0.0207 e. The lowest BCUT2D eigenvalue weighted by atomic mass is 9.99.